The molecule has 0 aliphatic heterocycles. The van der Waals surface area contributed by atoms with E-state index < -0.39 is 11.7 Å². The van der Waals surface area contributed by atoms with Gasteiger partial charge in [0.1, 0.15) is 0 Å². The molecule has 0 spiro atoms. The monoisotopic (exact) mass is 286 g/mol. The van der Waals surface area contributed by atoms with Gasteiger partial charge in [-0.2, -0.15) is 13.2 Å². The van der Waals surface area contributed by atoms with Gasteiger partial charge in [0, 0.05) is 10.6 Å². The third-order valence-corrected chi connectivity index (χ3v) is 3.07. The van der Waals surface area contributed by atoms with Crippen LogP contribution in [0.2, 0.25) is 5.02 Å². The Kier molecular flexibility index (Phi) is 3.83. The number of hydrogen-bond donors (Lipinski definition) is 1. The lowest BCUT2D eigenvalue weighted by Gasteiger charge is -2.14. The average Bonchev–Trinajstić information content (AvgIpc) is 2.38. The molecular formula is C14H10ClF3O. The summed E-state index contributed by atoms with van der Waals surface area (Å²) in [4.78, 5) is 0. The molecule has 0 bridgehead atoms. The van der Waals surface area contributed by atoms with Crippen LogP contribution in [0.3, 0.4) is 0 Å². The van der Waals surface area contributed by atoms with E-state index in [1.54, 1.807) is 6.07 Å². The molecule has 0 saturated carbocycles. The normalized spacial score (nSPS) is 11.6. The second kappa shape index (κ2) is 5.23. The van der Waals surface area contributed by atoms with E-state index in [1.807, 2.05) is 0 Å². The maximum atomic E-state index is 13.0. The van der Waals surface area contributed by atoms with Crippen LogP contribution in [0.25, 0.3) is 11.1 Å². The van der Waals surface area contributed by atoms with E-state index in [-0.39, 0.29) is 22.8 Å². The van der Waals surface area contributed by atoms with E-state index in [0.717, 1.165) is 6.07 Å². The summed E-state index contributed by atoms with van der Waals surface area (Å²) >= 11 is 5.96. The maximum Gasteiger partial charge on any atom is 0.417 e. The first-order valence-electron chi connectivity index (χ1n) is 5.49. The van der Waals surface area contributed by atoms with Gasteiger partial charge in [0.15, 0.2) is 0 Å². The van der Waals surface area contributed by atoms with Crippen molar-refractivity contribution in [2.24, 2.45) is 0 Å². The van der Waals surface area contributed by atoms with Crippen molar-refractivity contribution in [1.29, 1.82) is 0 Å². The standard InChI is InChI=1S/C14H10ClF3O/c15-13-6-5-9(8-19)7-11(13)10-3-1-2-4-12(10)14(16,17)18/h1-7,19H,8H2. The third-order valence-electron chi connectivity index (χ3n) is 2.74. The fourth-order valence-corrected chi connectivity index (χ4v) is 2.06. The van der Waals surface area contributed by atoms with Gasteiger partial charge in [0.2, 0.25) is 0 Å². The predicted molar refractivity (Wildman–Crippen MR) is 67.8 cm³/mol. The van der Waals surface area contributed by atoms with Crippen molar-refractivity contribution in [3.63, 3.8) is 0 Å². The van der Waals surface area contributed by atoms with Crippen LogP contribution in [-0.4, -0.2) is 5.11 Å². The third kappa shape index (κ3) is 2.91. The van der Waals surface area contributed by atoms with Crippen molar-refractivity contribution in [2.45, 2.75) is 12.8 Å². The largest absolute Gasteiger partial charge is 0.417 e. The lowest BCUT2D eigenvalue weighted by atomic mass is 9.98. The van der Waals surface area contributed by atoms with Crippen LogP contribution in [0, 0.1) is 0 Å². The molecule has 0 aliphatic rings. The SMILES string of the molecule is OCc1ccc(Cl)c(-c2ccccc2C(F)(F)F)c1. The first kappa shape index (κ1) is 13.9. The minimum atomic E-state index is -4.45. The van der Waals surface area contributed by atoms with Crippen LogP contribution in [0.1, 0.15) is 11.1 Å². The molecule has 0 unspecified atom stereocenters. The van der Waals surface area contributed by atoms with Crippen molar-refractivity contribution in [1.82, 2.24) is 0 Å². The molecule has 1 nitrogen and oxygen atoms in total. The zero-order chi connectivity index (χ0) is 14.0. The fraction of sp³-hybridized carbons (Fsp3) is 0.143. The molecule has 2 rings (SSSR count). The Morgan fingerprint density at radius 1 is 1.00 bits per heavy atom. The highest BCUT2D eigenvalue weighted by molar-refractivity contribution is 6.33. The number of aliphatic hydroxyl groups is 1. The highest BCUT2D eigenvalue weighted by atomic mass is 35.5. The summed E-state index contributed by atoms with van der Waals surface area (Å²) in [5, 5.41) is 9.28. The lowest BCUT2D eigenvalue weighted by molar-refractivity contribution is -0.137. The van der Waals surface area contributed by atoms with Crippen molar-refractivity contribution in [3.05, 3.63) is 58.6 Å². The van der Waals surface area contributed by atoms with Crippen LogP contribution in [0.4, 0.5) is 13.2 Å². The van der Waals surface area contributed by atoms with Gasteiger partial charge in [0.05, 0.1) is 12.2 Å². The number of benzene rings is 2. The molecule has 0 fully saturated rings. The highest BCUT2D eigenvalue weighted by Crippen LogP contribution is 2.39. The van der Waals surface area contributed by atoms with E-state index in [1.165, 1.54) is 30.3 Å². The van der Waals surface area contributed by atoms with Gasteiger partial charge in [0.25, 0.3) is 0 Å². The van der Waals surface area contributed by atoms with Crippen LogP contribution in [-0.2, 0) is 12.8 Å². The Morgan fingerprint density at radius 2 is 1.68 bits per heavy atom. The van der Waals surface area contributed by atoms with Gasteiger partial charge in [-0.15, -0.1) is 0 Å². The average molecular weight is 287 g/mol. The van der Waals surface area contributed by atoms with Gasteiger partial charge < -0.3 is 5.11 Å². The molecule has 0 atom stereocenters. The van der Waals surface area contributed by atoms with Crippen LogP contribution in [0.15, 0.2) is 42.5 Å². The molecule has 0 amide bonds. The Balaban J connectivity index is 2.65. The summed E-state index contributed by atoms with van der Waals surface area (Å²) in [7, 11) is 0. The molecule has 0 aromatic heterocycles. The number of alkyl halides is 3. The van der Waals surface area contributed by atoms with Crippen molar-refractivity contribution < 1.29 is 18.3 Å². The zero-order valence-corrected chi connectivity index (χ0v) is 10.5. The molecule has 0 radical (unpaired) electrons. The molecule has 0 aliphatic carbocycles. The second-order valence-corrected chi connectivity index (χ2v) is 4.42. The molecule has 19 heavy (non-hydrogen) atoms. The van der Waals surface area contributed by atoms with Gasteiger partial charge in [-0.3, -0.25) is 0 Å². The molecular weight excluding hydrogens is 277 g/mol. The van der Waals surface area contributed by atoms with E-state index >= 15 is 0 Å². The molecule has 0 saturated heterocycles. The molecule has 2 aromatic rings. The zero-order valence-electron chi connectivity index (χ0n) is 9.71. The first-order valence-corrected chi connectivity index (χ1v) is 5.87. The molecule has 0 heterocycles. The van der Waals surface area contributed by atoms with E-state index in [4.69, 9.17) is 16.7 Å². The predicted octanol–water partition coefficient (Wildman–Crippen LogP) is 4.52. The fourth-order valence-electron chi connectivity index (χ4n) is 1.84. The highest BCUT2D eigenvalue weighted by Gasteiger charge is 2.33. The summed E-state index contributed by atoms with van der Waals surface area (Å²) in [6.45, 7) is -0.252. The number of halogens is 4. The van der Waals surface area contributed by atoms with E-state index in [0.29, 0.717) is 5.56 Å². The van der Waals surface area contributed by atoms with Crippen LogP contribution < -0.4 is 0 Å². The minimum Gasteiger partial charge on any atom is -0.392 e. The lowest BCUT2D eigenvalue weighted by Crippen LogP contribution is -2.07. The Bertz CT molecular complexity index is 593. The van der Waals surface area contributed by atoms with Gasteiger partial charge in [-0.1, -0.05) is 35.9 Å². The smallest absolute Gasteiger partial charge is 0.392 e. The van der Waals surface area contributed by atoms with Crippen molar-refractivity contribution in [2.75, 3.05) is 0 Å². The number of hydrogen-bond acceptors (Lipinski definition) is 1. The number of aliphatic hydroxyl groups excluding tert-OH is 1. The van der Waals surface area contributed by atoms with Crippen LogP contribution >= 0.6 is 11.6 Å². The van der Waals surface area contributed by atoms with Crippen LogP contribution in [0.5, 0.6) is 0 Å². The molecule has 1 N–H and O–H groups in total. The topological polar surface area (TPSA) is 20.2 Å². The second-order valence-electron chi connectivity index (χ2n) is 4.02. The quantitative estimate of drug-likeness (QED) is 0.861. The van der Waals surface area contributed by atoms with Crippen molar-refractivity contribution >= 4 is 11.6 Å². The van der Waals surface area contributed by atoms with E-state index in [2.05, 4.69) is 0 Å². The Morgan fingerprint density at radius 3 is 2.32 bits per heavy atom. The molecule has 100 valence electrons. The summed E-state index contributed by atoms with van der Waals surface area (Å²) in [6.07, 6.45) is -4.45. The van der Waals surface area contributed by atoms with Gasteiger partial charge >= 0.3 is 6.18 Å². The minimum absolute atomic E-state index is 0.00954. The molecule has 2 aromatic carbocycles. The van der Waals surface area contributed by atoms with Crippen molar-refractivity contribution in [3.8, 4) is 11.1 Å². The van der Waals surface area contributed by atoms with Gasteiger partial charge in [-0.05, 0) is 29.3 Å². The Hall–Kier alpha value is -1.52. The Labute approximate surface area is 113 Å². The summed E-state index contributed by atoms with van der Waals surface area (Å²) in [5.41, 5.74) is 0.0415. The summed E-state index contributed by atoms with van der Waals surface area (Å²) in [6, 6.07) is 9.75. The van der Waals surface area contributed by atoms with Gasteiger partial charge in [-0.25, -0.2) is 0 Å². The van der Waals surface area contributed by atoms with E-state index in [9.17, 15) is 13.2 Å². The number of rotatable bonds is 2. The maximum absolute atomic E-state index is 13.0. The summed E-state index contributed by atoms with van der Waals surface area (Å²) < 4.78 is 38.9. The molecule has 5 heteroatoms. The first-order chi connectivity index (χ1) is 8.93. The summed E-state index contributed by atoms with van der Waals surface area (Å²) in [5.74, 6) is 0.